The van der Waals surface area contributed by atoms with E-state index in [4.69, 9.17) is 0 Å². The number of hydrogen-bond acceptors (Lipinski definition) is 4. The molecule has 2 aromatic heterocycles. The van der Waals surface area contributed by atoms with Crippen molar-refractivity contribution < 1.29 is 14.0 Å². The van der Waals surface area contributed by atoms with Crippen molar-refractivity contribution in [2.75, 3.05) is 0 Å². The molecule has 26 heavy (non-hydrogen) atoms. The smallest absolute Gasteiger partial charge is 0.263 e. The summed E-state index contributed by atoms with van der Waals surface area (Å²) in [7, 11) is 0. The molecule has 0 bridgehead atoms. The average Bonchev–Trinajstić information content (AvgIpc) is 2.87. The zero-order valence-electron chi connectivity index (χ0n) is 14.4. The first-order valence-corrected chi connectivity index (χ1v) is 8.35. The minimum atomic E-state index is -0.468. The van der Waals surface area contributed by atoms with E-state index in [0.717, 1.165) is 5.56 Å². The standard InChI is InChI=1S/C20H16FN3O2/c1-11(2)18-17-16(14-8-13(21)5-6-15(14)23-18)19(25)24(20(17)26)10-12-4-3-7-22-9-12/h3-9,11H,10H2,1-2H3. The van der Waals surface area contributed by atoms with Gasteiger partial charge in [-0.15, -0.1) is 0 Å². The molecule has 0 unspecified atom stereocenters. The summed E-state index contributed by atoms with van der Waals surface area (Å²) in [4.78, 5) is 35.8. The van der Waals surface area contributed by atoms with Crippen molar-refractivity contribution >= 4 is 22.7 Å². The van der Waals surface area contributed by atoms with Gasteiger partial charge in [0.2, 0.25) is 0 Å². The maximum absolute atomic E-state index is 13.8. The number of carbonyl (C=O) groups is 2. The molecule has 0 saturated heterocycles. The highest BCUT2D eigenvalue weighted by Gasteiger charge is 2.40. The Morgan fingerprint density at radius 2 is 1.88 bits per heavy atom. The molecule has 4 rings (SSSR count). The fraction of sp³-hybridized carbons (Fsp3) is 0.200. The van der Waals surface area contributed by atoms with Gasteiger partial charge in [-0.2, -0.15) is 0 Å². The van der Waals surface area contributed by atoms with Gasteiger partial charge in [0.05, 0.1) is 28.9 Å². The molecule has 0 atom stereocenters. The van der Waals surface area contributed by atoms with Gasteiger partial charge in [-0.25, -0.2) is 4.39 Å². The normalized spacial score (nSPS) is 13.8. The van der Waals surface area contributed by atoms with E-state index < -0.39 is 17.6 Å². The zero-order valence-corrected chi connectivity index (χ0v) is 14.4. The Hall–Kier alpha value is -3.15. The van der Waals surface area contributed by atoms with Gasteiger partial charge in [0, 0.05) is 17.8 Å². The Labute approximate surface area is 149 Å². The molecule has 0 N–H and O–H groups in total. The van der Waals surface area contributed by atoms with Crippen LogP contribution in [0.25, 0.3) is 10.9 Å². The van der Waals surface area contributed by atoms with Crippen LogP contribution in [0.5, 0.6) is 0 Å². The summed E-state index contributed by atoms with van der Waals surface area (Å²) in [6.07, 6.45) is 3.24. The number of halogens is 1. The highest BCUT2D eigenvalue weighted by Crippen LogP contribution is 2.35. The largest absolute Gasteiger partial charge is 0.270 e. The predicted octanol–water partition coefficient (Wildman–Crippen LogP) is 3.69. The van der Waals surface area contributed by atoms with Crippen LogP contribution in [-0.2, 0) is 6.54 Å². The number of benzene rings is 1. The topological polar surface area (TPSA) is 63.2 Å². The summed E-state index contributed by atoms with van der Waals surface area (Å²) >= 11 is 0. The molecule has 1 aliphatic heterocycles. The lowest BCUT2D eigenvalue weighted by Gasteiger charge is -2.13. The van der Waals surface area contributed by atoms with Crippen LogP contribution in [0.1, 0.15) is 51.7 Å². The number of hydrogen-bond donors (Lipinski definition) is 0. The van der Waals surface area contributed by atoms with Crippen LogP contribution in [0.2, 0.25) is 0 Å². The van der Waals surface area contributed by atoms with Gasteiger partial charge in [-0.1, -0.05) is 19.9 Å². The first-order valence-electron chi connectivity index (χ1n) is 8.35. The Kier molecular flexibility index (Phi) is 3.76. The molecule has 6 heteroatoms. The minimum absolute atomic E-state index is 0.0479. The number of aromatic nitrogens is 2. The quantitative estimate of drug-likeness (QED) is 0.677. The average molecular weight is 349 g/mol. The van der Waals surface area contributed by atoms with Crippen molar-refractivity contribution in [1.82, 2.24) is 14.9 Å². The maximum atomic E-state index is 13.8. The minimum Gasteiger partial charge on any atom is -0.270 e. The van der Waals surface area contributed by atoms with Gasteiger partial charge in [0.15, 0.2) is 0 Å². The van der Waals surface area contributed by atoms with Gasteiger partial charge in [-0.3, -0.25) is 24.5 Å². The summed E-state index contributed by atoms with van der Waals surface area (Å²) < 4.78 is 13.8. The molecule has 1 aromatic carbocycles. The number of nitrogens with zero attached hydrogens (tertiary/aromatic N) is 3. The number of fused-ring (bicyclic) bond motifs is 3. The van der Waals surface area contributed by atoms with Crippen LogP contribution in [0, 0.1) is 5.82 Å². The fourth-order valence-corrected chi connectivity index (χ4v) is 3.29. The number of pyridine rings is 2. The van der Waals surface area contributed by atoms with Gasteiger partial charge in [0.1, 0.15) is 5.82 Å². The molecule has 0 spiro atoms. The molecule has 0 fully saturated rings. The predicted molar refractivity (Wildman–Crippen MR) is 94.2 cm³/mol. The number of amides is 2. The zero-order chi connectivity index (χ0) is 18.4. The van der Waals surface area contributed by atoms with E-state index in [0.29, 0.717) is 16.6 Å². The Balaban J connectivity index is 1.92. The van der Waals surface area contributed by atoms with Gasteiger partial charge in [0.25, 0.3) is 11.8 Å². The van der Waals surface area contributed by atoms with E-state index in [2.05, 4.69) is 9.97 Å². The van der Waals surface area contributed by atoms with Crippen molar-refractivity contribution in [2.45, 2.75) is 26.3 Å². The van der Waals surface area contributed by atoms with Crippen LogP contribution in [0.4, 0.5) is 4.39 Å². The monoisotopic (exact) mass is 349 g/mol. The van der Waals surface area contributed by atoms with E-state index >= 15 is 0 Å². The third-order valence-corrected chi connectivity index (χ3v) is 4.50. The molecule has 2 amide bonds. The first kappa shape index (κ1) is 16.3. The molecule has 0 saturated carbocycles. The molecule has 0 radical (unpaired) electrons. The SMILES string of the molecule is CC(C)c1nc2ccc(F)cc2c2c1C(=O)N(Cc1cccnc1)C2=O. The second-order valence-electron chi connectivity index (χ2n) is 6.62. The number of imide groups is 1. The molecule has 1 aliphatic rings. The van der Waals surface area contributed by atoms with E-state index in [-0.39, 0.29) is 23.6 Å². The highest BCUT2D eigenvalue weighted by molar-refractivity contribution is 6.26. The summed E-state index contributed by atoms with van der Waals surface area (Å²) in [5.74, 6) is -1.33. The molecule has 3 aromatic rings. The summed E-state index contributed by atoms with van der Waals surface area (Å²) in [5.41, 5.74) is 2.35. The van der Waals surface area contributed by atoms with E-state index in [1.54, 1.807) is 30.6 Å². The number of rotatable bonds is 3. The van der Waals surface area contributed by atoms with E-state index in [1.807, 2.05) is 13.8 Å². The Morgan fingerprint density at radius 1 is 1.12 bits per heavy atom. The molecular weight excluding hydrogens is 333 g/mol. The second-order valence-corrected chi connectivity index (χ2v) is 6.62. The Bertz CT molecular complexity index is 1050. The lowest BCUT2D eigenvalue weighted by atomic mass is 9.97. The fourth-order valence-electron chi connectivity index (χ4n) is 3.29. The van der Waals surface area contributed by atoms with E-state index in [9.17, 15) is 14.0 Å². The van der Waals surface area contributed by atoms with Crippen LogP contribution in [-0.4, -0.2) is 26.7 Å². The lowest BCUT2D eigenvalue weighted by molar-refractivity contribution is 0.0642. The molecule has 130 valence electrons. The molecule has 5 nitrogen and oxygen atoms in total. The summed E-state index contributed by atoms with van der Waals surface area (Å²) in [6, 6.07) is 7.66. The van der Waals surface area contributed by atoms with Crippen LogP contribution in [0.15, 0.2) is 42.7 Å². The maximum Gasteiger partial charge on any atom is 0.263 e. The lowest BCUT2D eigenvalue weighted by Crippen LogP contribution is -2.29. The highest BCUT2D eigenvalue weighted by atomic mass is 19.1. The Morgan fingerprint density at radius 3 is 2.58 bits per heavy atom. The third-order valence-electron chi connectivity index (χ3n) is 4.50. The van der Waals surface area contributed by atoms with Crippen molar-refractivity contribution in [1.29, 1.82) is 0 Å². The van der Waals surface area contributed by atoms with Crippen LogP contribution >= 0.6 is 0 Å². The summed E-state index contributed by atoms with van der Waals surface area (Å²) in [5, 5.41) is 0.372. The summed E-state index contributed by atoms with van der Waals surface area (Å²) in [6.45, 7) is 3.95. The van der Waals surface area contributed by atoms with Crippen molar-refractivity contribution in [3.05, 3.63) is 70.9 Å². The van der Waals surface area contributed by atoms with Crippen molar-refractivity contribution in [2.24, 2.45) is 0 Å². The van der Waals surface area contributed by atoms with E-state index in [1.165, 1.54) is 17.0 Å². The molecule has 3 heterocycles. The first-order chi connectivity index (χ1) is 12.5. The third kappa shape index (κ3) is 2.45. The van der Waals surface area contributed by atoms with Gasteiger partial charge >= 0.3 is 0 Å². The van der Waals surface area contributed by atoms with Crippen LogP contribution < -0.4 is 0 Å². The molecular formula is C20H16FN3O2. The van der Waals surface area contributed by atoms with Gasteiger partial charge in [-0.05, 0) is 35.7 Å². The second kappa shape index (κ2) is 5.98. The van der Waals surface area contributed by atoms with Crippen molar-refractivity contribution in [3.8, 4) is 0 Å². The molecule has 0 aliphatic carbocycles. The van der Waals surface area contributed by atoms with Crippen molar-refractivity contribution in [3.63, 3.8) is 0 Å². The number of carbonyl (C=O) groups excluding carboxylic acids is 2. The van der Waals surface area contributed by atoms with Crippen LogP contribution in [0.3, 0.4) is 0 Å². The van der Waals surface area contributed by atoms with Gasteiger partial charge < -0.3 is 0 Å².